The fraction of sp³-hybridized carbons (Fsp3) is 1.00. The van der Waals surface area contributed by atoms with Crippen molar-refractivity contribution in [1.29, 1.82) is 0 Å². The largest absolute Gasteiger partial charge is 0.311 e. The molecule has 1 heteroatoms. The van der Waals surface area contributed by atoms with Crippen LogP contribution in [-0.2, 0) is 0 Å². The first-order chi connectivity index (χ1) is 5.57. The van der Waals surface area contributed by atoms with Gasteiger partial charge >= 0.3 is 0 Å². The predicted molar refractivity (Wildman–Crippen MR) is 52.1 cm³/mol. The summed E-state index contributed by atoms with van der Waals surface area (Å²) >= 11 is 0. The topological polar surface area (TPSA) is 12.0 Å². The zero-order chi connectivity index (χ0) is 8.77. The van der Waals surface area contributed by atoms with E-state index in [1.165, 1.54) is 25.7 Å². The summed E-state index contributed by atoms with van der Waals surface area (Å²) in [6, 6.07) is 1.71. The molecular weight excluding hydrogens is 146 g/mol. The molecular formula is C11H21N. The third-order valence-corrected chi connectivity index (χ3v) is 3.70. The number of hydrogen-bond acceptors (Lipinski definition) is 1. The molecule has 2 rings (SSSR count). The molecule has 0 amide bonds. The lowest BCUT2D eigenvalue weighted by Crippen LogP contribution is -2.45. The maximum Gasteiger partial charge on any atom is 0.0103 e. The van der Waals surface area contributed by atoms with Crippen molar-refractivity contribution in [2.45, 2.75) is 58.5 Å². The Bertz CT molecular complexity index is 168. The van der Waals surface area contributed by atoms with E-state index < -0.39 is 0 Å². The van der Waals surface area contributed by atoms with Gasteiger partial charge in [-0.05, 0) is 37.0 Å². The first kappa shape index (κ1) is 8.55. The summed E-state index contributed by atoms with van der Waals surface area (Å²) in [5.74, 6) is 0.913. The molecule has 2 aliphatic rings. The maximum atomic E-state index is 3.75. The molecule has 3 atom stereocenters. The van der Waals surface area contributed by atoms with Crippen molar-refractivity contribution in [2.24, 2.45) is 11.3 Å². The van der Waals surface area contributed by atoms with E-state index in [-0.39, 0.29) is 0 Å². The van der Waals surface area contributed by atoms with Crippen molar-refractivity contribution in [3.8, 4) is 0 Å². The summed E-state index contributed by atoms with van der Waals surface area (Å²) in [6.45, 7) is 7.16. The second-order valence-electron chi connectivity index (χ2n) is 5.60. The van der Waals surface area contributed by atoms with Crippen LogP contribution in [0.2, 0.25) is 0 Å². The molecule has 0 aromatic rings. The van der Waals surface area contributed by atoms with Crippen LogP contribution < -0.4 is 5.32 Å². The average Bonchev–Trinajstić information content (AvgIpc) is 2.30. The Balaban J connectivity index is 2.07. The summed E-state index contributed by atoms with van der Waals surface area (Å²) in [5.41, 5.74) is 0.507. The summed E-state index contributed by atoms with van der Waals surface area (Å²) < 4.78 is 0. The molecule has 0 aromatic heterocycles. The minimum absolute atomic E-state index is 0.507. The smallest absolute Gasteiger partial charge is 0.0103 e. The van der Waals surface area contributed by atoms with Gasteiger partial charge < -0.3 is 5.32 Å². The van der Waals surface area contributed by atoms with Gasteiger partial charge in [0.2, 0.25) is 0 Å². The van der Waals surface area contributed by atoms with E-state index in [2.05, 4.69) is 26.1 Å². The van der Waals surface area contributed by atoms with E-state index in [9.17, 15) is 0 Å². The average molecular weight is 167 g/mol. The summed E-state index contributed by atoms with van der Waals surface area (Å²) in [5, 5.41) is 3.75. The van der Waals surface area contributed by atoms with Crippen LogP contribution in [0.3, 0.4) is 0 Å². The molecule has 70 valence electrons. The second kappa shape index (κ2) is 2.73. The van der Waals surface area contributed by atoms with Gasteiger partial charge in [-0.3, -0.25) is 0 Å². The Labute approximate surface area is 75.9 Å². The number of nitrogens with one attached hydrogen (secondary N) is 1. The fourth-order valence-electron chi connectivity index (χ4n) is 3.01. The summed E-state index contributed by atoms with van der Waals surface area (Å²) in [6.07, 6.45) is 5.72. The molecule has 2 fully saturated rings. The Morgan fingerprint density at radius 3 is 2.33 bits per heavy atom. The van der Waals surface area contributed by atoms with Gasteiger partial charge in [0.05, 0.1) is 0 Å². The Kier molecular flexibility index (Phi) is 1.95. The molecule has 3 unspecified atom stereocenters. The van der Waals surface area contributed by atoms with E-state index in [1.54, 1.807) is 0 Å². The number of piperidine rings is 1. The van der Waals surface area contributed by atoms with Gasteiger partial charge in [0.25, 0.3) is 0 Å². The predicted octanol–water partition coefficient (Wildman–Crippen LogP) is 2.56. The van der Waals surface area contributed by atoms with Gasteiger partial charge in [-0.2, -0.15) is 0 Å². The standard InChI is InChI=1S/C11H21N/c1-11(2,3)9-6-4-8-5-7-10(9)12-8/h8-10,12H,4-7H2,1-3H3. The third kappa shape index (κ3) is 1.39. The van der Waals surface area contributed by atoms with Crippen molar-refractivity contribution in [3.63, 3.8) is 0 Å². The first-order valence-corrected chi connectivity index (χ1v) is 5.33. The van der Waals surface area contributed by atoms with Crippen LogP contribution in [0.25, 0.3) is 0 Å². The van der Waals surface area contributed by atoms with Gasteiger partial charge in [-0.15, -0.1) is 0 Å². The molecule has 2 saturated heterocycles. The molecule has 0 radical (unpaired) electrons. The fourth-order valence-corrected chi connectivity index (χ4v) is 3.01. The Morgan fingerprint density at radius 2 is 1.67 bits per heavy atom. The zero-order valence-corrected chi connectivity index (χ0v) is 8.56. The van der Waals surface area contributed by atoms with Gasteiger partial charge in [-0.1, -0.05) is 20.8 Å². The highest BCUT2D eigenvalue weighted by molar-refractivity contribution is 4.97. The summed E-state index contributed by atoms with van der Waals surface area (Å²) in [7, 11) is 0. The highest BCUT2D eigenvalue weighted by Crippen LogP contribution is 2.41. The van der Waals surface area contributed by atoms with Crippen molar-refractivity contribution < 1.29 is 0 Å². The van der Waals surface area contributed by atoms with E-state index in [1.807, 2.05) is 0 Å². The molecule has 1 nitrogen and oxygen atoms in total. The van der Waals surface area contributed by atoms with Crippen LogP contribution in [0.1, 0.15) is 46.5 Å². The highest BCUT2D eigenvalue weighted by Gasteiger charge is 2.40. The molecule has 2 heterocycles. The second-order valence-corrected chi connectivity index (χ2v) is 5.60. The first-order valence-electron chi connectivity index (χ1n) is 5.33. The Hall–Kier alpha value is -0.0400. The quantitative estimate of drug-likeness (QED) is 0.584. The number of fused-ring (bicyclic) bond motifs is 2. The lowest BCUT2D eigenvalue weighted by atomic mass is 9.73. The molecule has 0 spiro atoms. The molecule has 2 aliphatic heterocycles. The van der Waals surface area contributed by atoms with Crippen molar-refractivity contribution >= 4 is 0 Å². The van der Waals surface area contributed by atoms with E-state index >= 15 is 0 Å². The lowest BCUT2D eigenvalue weighted by molar-refractivity contribution is 0.146. The maximum absolute atomic E-state index is 3.75. The van der Waals surface area contributed by atoms with E-state index in [0.717, 1.165) is 18.0 Å². The van der Waals surface area contributed by atoms with E-state index in [0.29, 0.717) is 5.41 Å². The van der Waals surface area contributed by atoms with Gasteiger partial charge in [0, 0.05) is 12.1 Å². The van der Waals surface area contributed by atoms with Crippen LogP contribution in [0.4, 0.5) is 0 Å². The van der Waals surface area contributed by atoms with Crippen molar-refractivity contribution in [3.05, 3.63) is 0 Å². The Morgan fingerprint density at radius 1 is 1.00 bits per heavy atom. The molecule has 0 aromatic carbocycles. The van der Waals surface area contributed by atoms with Gasteiger partial charge in [0.1, 0.15) is 0 Å². The third-order valence-electron chi connectivity index (χ3n) is 3.70. The molecule has 12 heavy (non-hydrogen) atoms. The molecule has 2 bridgehead atoms. The van der Waals surface area contributed by atoms with Gasteiger partial charge in [-0.25, -0.2) is 0 Å². The number of hydrogen-bond donors (Lipinski definition) is 1. The number of rotatable bonds is 0. The summed E-state index contributed by atoms with van der Waals surface area (Å²) in [4.78, 5) is 0. The molecule has 1 N–H and O–H groups in total. The van der Waals surface area contributed by atoms with Gasteiger partial charge in [0.15, 0.2) is 0 Å². The molecule has 0 saturated carbocycles. The SMILES string of the molecule is CC(C)(C)C1CCC2CCC1N2. The van der Waals surface area contributed by atoms with Crippen LogP contribution in [0.15, 0.2) is 0 Å². The zero-order valence-electron chi connectivity index (χ0n) is 8.56. The van der Waals surface area contributed by atoms with Crippen LogP contribution in [0, 0.1) is 11.3 Å². The molecule has 0 aliphatic carbocycles. The van der Waals surface area contributed by atoms with E-state index in [4.69, 9.17) is 0 Å². The minimum Gasteiger partial charge on any atom is -0.311 e. The van der Waals surface area contributed by atoms with Crippen molar-refractivity contribution in [1.82, 2.24) is 5.32 Å². The van der Waals surface area contributed by atoms with Crippen LogP contribution in [0.5, 0.6) is 0 Å². The monoisotopic (exact) mass is 167 g/mol. The van der Waals surface area contributed by atoms with Crippen molar-refractivity contribution in [2.75, 3.05) is 0 Å². The lowest BCUT2D eigenvalue weighted by Gasteiger charge is -2.39. The van der Waals surface area contributed by atoms with Crippen LogP contribution >= 0.6 is 0 Å². The van der Waals surface area contributed by atoms with Crippen LogP contribution in [-0.4, -0.2) is 12.1 Å². The minimum atomic E-state index is 0.507. The highest BCUT2D eigenvalue weighted by atomic mass is 15.0. The normalized spacial score (nSPS) is 41.8.